The van der Waals surface area contributed by atoms with Crippen molar-refractivity contribution in [2.75, 3.05) is 18.1 Å². The maximum Gasteiger partial charge on any atom is 0.224 e. The lowest BCUT2D eigenvalue weighted by Gasteiger charge is -2.06. The molecule has 3 nitrogen and oxygen atoms in total. The Morgan fingerprint density at radius 2 is 2.05 bits per heavy atom. The predicted octanol–water partition coefficient (Wildman–Crippen LogP) is 3.50. The van der Waals surface area contributed by atoms with Crippen LogP contribution in [0.4, 0.5) is 0 Å². The van der Waals surface area contributed by atoms with Gasteiger partial charge in [-0.25, -0.2) is 0 Å². The number of hydrogen-bond acceptors (Lipinski definition) is 2. The fourth-order valence-corrected chi connectivity index (χ4v) is 3.23. The van der Waals surface area contributed by atoms with Gasteiger partial charge in [0.15, 0.2) is 0 Å². The van der Waals surface area contributed by atoms with Crippen LogP contribution in [0.2, 0.25) is 0 Å². The number of H-pyrrole nitrogens is 1. The Labute approximate surface area is 130 Å². The van der Waals surface area contributed by atoms with Crippen LogP contribution in [0.5, 0.6) is 0 Å². The molecule has 1 heterocycles. The molecular weight excluding hydrogens is 280 g/mol. The van der Waals surface area contributed by atoms with Gasteiger partial charge in [0.2, 0.25) is 5.91 Å². The predicted molar refractivity (Wildman–Crippen MR) is 92.2 cm³/mol. The van der Waals surface area contributed by atoms with Gasteiger partial charge in [-0.05, 0) is 43.7 Å². The van der Waals surface area contributed by atoms with E-state index >= 15 is 0 Å². The Morgan fingerprint density at radius 3 is 2.76 bits per heavy atom. The number of aromatic nitrogens is 1. The van der Waals surface area contributed by atoms with Crippen molar-refractivity contribution in [2.45, 2.75) is 34.1 Å². The first-order valence-electron chi connectivity index (χ1n) is 7.45. The van der Waals surface area contributed by atoms with E-state index in [1.54, 1.807) is 0 Å². The highest BCUT2D eigenvalue weighted by molar-refractivity contribution is 7.99. The molecule has 2 N–H and O–H groups in total. The molecule has 0 atom stereocenters. The summed E-state index contributed by atoms with van der Waals surface area (Å²) < 4.78 is 0. The van der Waals surface area contributed by atoms with Crippen LogP contribution in [-0.4, -0.2) is 28.9 Å². The number of benzene rings is 1. The Kier molecular flexibility index (Phi) is 5.34. The van der Waals surface area contributed by atoms with Gasteiger partial charge in [-0.1, -0.05) is 18.6 Å². The summed E-state index contributed by atoms with van der Waals surface area (Å²) in [7, 11) is 0. The van der Waals surface area contributed by atoms with Gasteiger partial charge >= 0.3 is 0 Å². The number of hydrogen-bond donors (Lipinski definition) is 2. The van der Waals surface area contributed by atoms with Crippen LogP contribution in [0, 0.1) is 20.8 Å². The zero-order valence-corrected chi connectivity index (χ0v) is 14.1. The number of carbonyl (C=O) groups excluding carboxylic acids is 1. The summed E-state index contributed by atoms with van der Waals surface area (Å²) in [6.07, 6.45) is 0.450. The molecule has 0 saturated carbocycles. The molecule has 0 aliphatic carbocycles. The van der Waals surface area contributed by atoms with Crippen LogP contribution >= 0.6 is 11.8 Å². The number of carbonyl (C=O) groups is 1. The second-order valence-corrected chi connectivity index (χ2v) is 6.85. The molecule has 4 heteroatoms. The van der Waals surface area contributed by atoms with Crippen LogP contribution in [0.15, 0.2) is 12.1 Å². The lowest BCUT2D eigenvalue weighted by Crippen LogP contribution is -2.27. The Bertz CT molecular complexity index is 646. The van der Waals surface area contributed by atoms with Crippen molar-refractivity contribution in [1.29, 1.82) is 0 Å². The summed E-state index contributed by atoms with van der Waals surface area (Å²) in [5, 5.41) is 4.19. The highest BCUT2D eigenvalue weighted by atomic mass is 32.2. The van der Waals surface area contributed by atoms with Gasteiger partial charge in [0, 0.05) is 28.9 Å². The largest absolute Gasteiger partial charge is 0.358 e. The van der Waals surface area contributed by atoms with Gasteiger partial charge < -0.3 is 10.3 Å². The fraction of sp³-hybridized carbons (Fsp3) is 0.471. The van der Waals surface area contributed by atoms with Gasteiger partial charge in [-0.3, -0.25) is 4.79 Å². The van der Waals surface area contributed by atoms with Crippen molar-refractivity contribution >= 4 is 28.6 Å². The molecule has 1 aromatic heterocycles. The number of aromatic amines is 1. The molecule has 2 aromatic rings. The molecule has 0 bridgehead atoms. The van der Waals surface area contributed by atoms with Crippen LogP contribution in [0.25, 0.3) is 10.9 Å². The number of rotatable bonds is 6. The molecule has 0 unspecified atom stereocenters. The molecule has 0 spiro atoms. The molecule has 0 saturated heterocycles. The minimum absolute atomic E-state index is 0.106. The zero-order valence-electron chi connectivity index (χ0n) is 13.3. The summed E-state index contributed by atoms with van der Waals surface area (Å²) in [5.41, 5.74) is 5.84. The molecule has 21 heavy (non-hydrogen) atoms. The standard InChI is InChI=1S/C17H24N2OS/c1-5-21-7-6-18-16(20)10-14-13(4)19-17-12(3)8-11(2)9-15(14)17/h8-9,19H,5-7,10H2,1-4H3,(H,18,20). The smallest absolute Gasteiger partial charge is 0.224 e. The first-order valence-corrected chi connectivity index (χ1v) is 8.61. The average Bonchev–Trinajstić information content (AvgIpc) is 2.73. The number of thioether (sulfide) groups is 1. The molecule has 2 rings (SSSR count). The van der Waals surface area contributed by atoms with E-state index < -0.39 is 0 Å². The zero-order chi connectivity index (χ0) is 15.4. The lowest BCUT2D eigenvalue weighted by atomic mass is 10.0. The summed E-state index contributed by atoms with van der Waals surface area (Å²) in [4.78, 5) is 15.5. The number of amides is 1. The molecule has 0 aliphatic heterocycles. The maximum atomic E-state index is 12.1. The summed E-state index contributed by atoms with van der Waals surface area (Å²) in [6, 6.07) is 4.34. The summed E-state index contributed by atoms with van der Waals surface area (Å²) >= 11 is 1.85. The van der Waals surface area contributed by atoms with Crippen LogP contribution < -0.4 is 5.32 Å². The van der Waals surface area contributed by atoms with Crippen LogP contribution in [-0.2, 0) is 11.2 Å². The number of aryl methyl sites for hydroxylation is 3. The van der Waals surface area contributed by atoms with Gasteiger partial charge in [0.25, 0.3) is 0 Å². The third kappa shape index (κ3) is 3.82. The quantitative estimate of drug-likeness (QED) is 0.802. The van der Waals surface area contributed by atoms with Crippen molar-refractivity contribution in [3.05, 3.63) is 34.5 Å². The minimum Gasteiger partial charge on any atom is -0.358 e. The number of nitrogens with one attached hydrogen (secondary N) is 2. The van der Waals surface area contributed by atoms with E-state index in [1.165, 1.54) is 16.5 Å². The van der Waals surface area contributed by atoms with E-state index in [0.29, 0.717) is 6.42 Å². The van der Waals surface area contributed by atoms with Gasteiger partial charge in [-0.2, -0.15) is 11.8 Å². The Balaban J connectivity index is 2.14. The second kappa shape index (κ2) is 7.03. The molecule has 1 amide bonds. The molecule has 1 aromatic carbocycles. The van der Waals surface area contributed by atoms with Crippen molar-refractivity contribution in [3.8, 4) is 0 Å². The monoisotopic (exact) mass is 304 g/mol. The topological polar surface area (TPSA) is 44.9 Å². The Morgan fingerprint density at radius 1 is 1.29 bits per heavy atom. The first-order chi connectivity index (χ1) is 10.0. The van der Waals surface area contributed by atoms with E-state index in [0.717, 1.165) is 34.8 Å². The summed E-state index contributed by atoms with van der Waals surface area (Å²) in [5.74, 6) is 2.18. The second-order valence-electron chi connectivity index (χ2n) is 5.46. The number of fused-ring (bicyclic) bond motifs is 1. The third-order valence-electron chi connectivity index (χ3n) is 3.68. The van der Waals surface area contributed by atoms with Gasteiger partial charge in [0.1, 0.15) is 0 Å². The van der Waals surface area contributed by atoms with E-state index in [4.69, 9.17) is 0 Å². The van der Waals surface area contributed by atoms with E-state index in [9.17, 15) is 4.79 Å². The van der Waals surface area contributed by atoms with Crippen molar-refractivity contribution in [3.63, 3.8) is 0 Å². The van der Waals surface area contributed by atoms with Crippen molar-refractivity contribution in [1.82, 2.24) is 10.3 Å². The molecule has 0 radical (unpaired) electrons. The highest BCUT2D eigenvalue weighted by Gasteiger charge is 2.13. The fourth-order valence-electron chi connectivity index (χ4n) is 2.69. The molecule has 0 fully saturated rings. The lowest BCUT2D eigenvalue weighted by molar-refractivity contribution is -0.120. The van der Waals surface area contributed by atoms with Crippen molar-refractivity contribution < 1.29 is 4.79 Å². The van der Waals surface area contributed by atoms with Gasteiger partial charge in [-0.15, -0.1) is 0 Å². The summed E-state index contributed by atoms with van der Waals surface area (Å²) in [6.45, 7) is 9.13. The van der Waals surface area contributed by atoms with E-state index in [2.05, 4.69) is 43.2 Å². The van der Waals surface area contributed by atoms with E-state index in [-0.39, 0.29) is 5.91 Å². The Hall–Kier alpha value is -1.42. The third-order valence-corrected chi connectivity index (χ3v) is 4.58. The average molecular weight is 304 g/mol. The minimum atomic E-state index is 0.106. The van der Waals surface area contributed by atoms with Crippen LogP contribution in [0.1, 0.15) is 29.3 Å². The normalized spacial score (nSPS) is 11.0. The molecule has 0 aliphatic rings. The van der Waals surface area contributed by atoms with Crippen LogP contribution in [0.3, 0.4) is 0 Å². The SMILES string of the molecule is CCSCCNC(=O)Cc1c(C)[nH]c2c(C)cc(C)cc12. The molecule has 114 valence electrons. The van der Waals surface area contributed by atoms with Crippen molar-refractivity contribution in [2.24, 2.45) is 0 Å². The maximum absolute atomic E-state index is 12.1. The first kappa shape index (κ1) is 16.0. The highest BCUT2D eigenvalue weighted by Crippen LogP contribution is 2.26. The van der Waals surface area contributed by atoms with Gasteiger partial charge in [0.05, 0.1) is 6.42 Å². The molecular formula is C17H24N2OS. The van der Waals surface area contributed by atoms with E-state index in [1.807, 2.05) is 18.7 Å².